The van der Waals surface area contributed by atoms with Gasteiger partial charge in [-0.3, -0.25) is 9.59 Å². The lowest BCUT2D eigenvalue weighted by Crippen LogP contribution is -2.38. The number of fused-ring (bicyclic) bond motifs is 1. The van der Waals surface area contributed by atoms with Gasteiger partial charge in [-0.15, -0.1) is 11.3 Å². The highest BCUT2D eigenvalue weighted by molar-refractivity contribution is 7.17. The topological polar surface area (TPSA) is 93.2 Å². The highest BCUT2D eigenvalue weighted by Gasteiger charge is 2.12. The van der Waals surface area contributed by atoms with Crippen LogP contribution >= 0.6 is 11.3 Å². The number of aromatic nitrogens is 2. The first-order valence-electron chi connectivity index (χ1n) is 7.31. The number of rotatable bonds is 5. The van der Waals surface area contributed by atoms with Crippen molar-refractivity contribution in [1.82, 2.24) is 9.55 Å². The van der Waals surface area contributed by atoms with Gasteiger partial charge < -0.3 is 15.0 Å². The number of ether oxygens (including phenoxy) is 1. The van der Waals surface area contributed by atoms with Crippen molar-refractivity contribution in [2.45, 2.75) is 13.5 Å². The van der Waals surface area contributed by atoms with E-state index in [1.165, 1.54) is 11.3 Å². The summed E-state index contributed by atoms with van der Waals surface area (Å²) in [5.74, 6) is 0.244. The van der Waals surface area contributed by atoms with Crippen LogP contribution in [0.3, 0.4) is 0 Å². The van der Waals surface area contributed by atoms with Gasteiger partial charge in [0.1, 0.15) is 17.0 Å². The van der Waals surface area contributed by atoms with Crippen LogP contribution in [0.15, 0.2) is 45.3 Å². The summed E-state index contributed by atoms with van der Waals surface area (Å²) in [6.45, 7) is 2.09. The number of hydrogen-bond donors (Lipinski definition) is 2. The first kappa shape index (κ1) is 16.0. The predicted octanol–water partition coefficient (Wildman–Crippen LogP) is 1.79. The fourth-order valence-corrected chi connectivity index (χ4v) is 3.06. The number of thiophene rings is 1. The van der Waals surface area contributed by atoms with Gasteiger partial charge in [0, 0.05) is 5.69 Å². The number of amides is 1. The maximum absolute atomic E-state index is 12.3. The molecule has 3 rings (SSSR count). The quantitative estimate of drug-likeness (QED) is 0.737. The first-order chi connectivity index (χ1) is 11.6. The minimum absolute atomic E-state index is 0.352. The highest BCUT2D eigenvalue weighted by atomic mass is 32.1. The number of anilines is 1. The molecule has 7 nitrogen and oxygen atoms in total. The van der Waals surface area contributed by atoms with E-state index in [0.29, 0.717) is 28.3 Å². The lowest BCUT2D eigenvalue weighted by atomic mass is 10.3. The SMILES string of the molecule is CCOc1ccc(NC(=O)Cn2c(=O)[nH]c3ccsc3c2=O)cc1. The number of carbonyl (C=O) groups is 1. The molecule has 1 amide bonds. The molecule has 0 bridgehead atoms. The van der Waals surface area contributed by atoms with Gasteiger partial charge in [-0.1, -0.05) is 0 Å². The maximum Gasteiger partial charge on any atom is 0.329 e. The summed E-state index contributed by atoms with van der Waals surface area (Å²) in [5, 5.41) is 4.37. The largest absolute Gasteiger partial charge is 0.494 e. The van der Waals surface area contributed by atoms with Gasteiger partial charge in [0.05, 0.1) is 12.1 Å². The molecule has 0 unspecified atom stereocenters. The molecular weight excluding hydrogens is 330 g/mol. The van der Waals surface area contributed by atoms with E-state index in [1.807, 2.05) is 6.92 Å². The molecule has 0 saturated heterocycles. The van der Waals surface area contributed by atoms with Crippen LogP contribution in [0.1, 0.15) is 6.92 Å². The van der Waals surface area contributed by atoms with Crippen molar-refractivity contribution in [1.29, 1.82) is 0 Å². The average Bonchev–Trinajstić information content (AvgIpc) is 3.02. The van der Waals surface area contributed by atoms with Crippen molar-refractivity contribution in [3.05, 3.63) is 56.5 Å². The number of aromatic amines is 1. The van der Waals surface area contributed by atoms with Crippen LogP contribution in [-0.2, 0) is 11.3 Å². The monoisotopic (exact) mass is 345 g/mol. The van der Waals surface area contributed by atoms with Crippen LogP contribution in [0.5, 0.6) is 5.75 Å². The Balaban J connectivity index is 1.77. The second-order valence-corrected chi connectivity index (χ2v) is 5.91. The van der Waals surface area contributed by atoms with Crippen LogP contribution in [0.25, 0.3) is 10.2 Å². The van der Waals surface area contributed by atoms with Crippen LogP contribution < -0.4 is 21.3 Å². The summed E-state index contributed by atoms with van der Waals surface area (Å²) in [7, 11) is 0. The minimum atomic E-state index is -0.604. The van der Waals surface area contributed by atoms with Crippen LogP contribution in [0.2, 0.25) is 0 Å². The normalized spacial score (nSPS) is 10.7. The molecule has 0 aliphatic heterocycles. The summed E-state index contributed by atoms with van der Waals surface area (Å²) in [6.07, 6.45) is 0. The predicted molar refractivity (Wildman–Crippen MR) is 92.9 cm³/mol. The molecule has 124 valence electrons. The number of nitrogens with one attached hydrogen (secondary N) is 2. The zero-order valence-corrected chi connectivity index (χ0v) is 13.7. The van der Waals surface area contributed by atoms with Crippen molar-refractivity contribution in [3.8, 4) is 5.75 Å². The Morgan fingerprint density at radius 1 is 1.25 bits per heavy atom. The molecule has 8 heteroatoms. The van der Waals surface area contributed by atoms with Gasteiger partial charge >= 0.3 is 5.69 Å². The molecule has 3 aromatic rings. The molecule has 2 heterocycles. The van der Waals surface area contributed by atoms with Gasteiger partial charge in [0.15, 0.2) is 0 Å². The fraction of sp³-hybridized carbons (Fsp3) is 0.188. The van der Waals surface area contributed by atoms with Crippen LogP contribution in [0.4, 0.5) is 5.69 Å². The Morgan fingerprint density at radius 2 is 2.00 bits per heavy atom. The molecule has 0 saturated carbocycles. The molecular formula is C16H15N3O4S. The van der Waals surface area contributed by atoms with Gasteiger partial charge in [-0.2, -0.15) is 0 Å². The standard InChI is InChI=1S/C16H15N3O4S/c1-2-23-11-5-3-10(4-6-11)17-13(20)9-19-15(21)14-12(7-8-24-14)18-16(19)22/h3-8H,2,9H2,1H3,(H,17,20)(H,18,22). The van der Waals surface area contributed by atoms with Gasteiger partial charge in [0.2, 0.25) is 5.91 Å². The highest BCUT2D eigenvalue weighted by Crippen LogP contribution is 2.15. The van der Waals surface area contributed by atoms with Crippen molar-refractivity contribution in [2.24, 2.45) is 0 Å². The van der Waals surface area contributed by atoms with E-state index < -0.39 is 17.2 Å². The molecule has 0 fully saturated rings. The van der Waals surface area contributed by atoms with E-state index in [0.717, 1.165) is 4.57 Å². The van der Waals surface area contributed by atoms with E-state index in [-0.39, 0.29) is 6.54 Å². The van der Waals surface area contributed by atoms with Crippen molar-refractivity contribution < 1.29 is 9.53 Å². The molecule has 2 aromatic heterocycles. The third-order valence-corrected chi connectivity index (χ3v) is 4.24. The van der Waals surface area contributed by atoms with Crippen molar-refractivity contribution in [3.63, 3.8) is 0 Å². The molecule has 2 N–H and O–H groups in total. The molecule has 0 aliphatic carbocycles. The van der Waals surface area contributed by atoms with E-state index in [9.17, 15) is 14.4 Å². The summed E-state index contributed by atoms with van der Waals surface area (Å²) >= 11 is 1.22. The summed E-state index contributed by atoms with van der Waals surface area (Å²) < 4.78 is 6.64. The van der Waals surface area contributed by atoms with Crippen molar-refractivity contribution >= 4 is 33.1 Å². The zero-order valence-electron chi connectivity index (χ0n) is 12.9. The molecule has 0 atom stereocenters. The number of H-pyrrole nitrogens is 1. The second kappa shape index (κ2) is 6.71. The van der Waals surface area contributed by atoms with Crippen LogP contribution in [0, 0.1) is 0 Å². The van der Waals surface area contributed by atoms with Crippen molar-refractivity contribution in [2.75, 3.05) is 11.9 Å². The van der Waals surface area contributed by atoms with Gasteiger partial charge in [-0.25, -0.2) is 9.36 Å². The lowest BCUT2D eigenvalue weighted by molar-refractivity contribution is -0.116. The number of nitrogens with zero attached hydrogens (tertiary/aromatic N) is 1. The maximum atomic E-state index is 12.3. The van der Waals surface area contributed by atoms with Crippen LogP contribution in [-0.4, -0.2) is 22.1 Å². The molecule has 0 radical (unpaired) electrons. The Labute approximate surface area is 140 Å². The van der Waals surface area contributed by atoms with E-state index in [4.69, 9.17) is 4.74 Å². The summed E-state index contributed by atoms with van der Waals surface area (Å²) in [4.78, 5) is 39.0. The third-order valence-electron chi connectivity index (χ3n) is 3.34. The van der Waals surface area contributed by atoms with Gasteiger partial charge in [-0.05, 0) is 42.6 Å². The van der Waals surface area contributed by atoms with E-state index in [1.54, 1.807) is 35.7 Å². The molecule has 0 aliphatic rings. The lowest BCUT2D eigenvalue weighted by Gasteiger charge is -2.08. The Hall–Kier alpha value is -2.87. The Morgan fingerprint density at radius 3 is 2.71 bits per heavy atom. The Bertz CT molecular complexity index is 985. The van der Waals surface area contributed by atoms with E-state index in [2.05, 4.69) is 10.3 Å². The first-order valence-corrected chi connectivity index (χ1v) is 8.19. The average molecular weight is 345 g/mol. The van der Waals surface area contributed by atoms with E-state index >= 15 is 0 Å². The second-order valence-electron chi connectivity index (χ2n) is 4.99. The van der Waals surface area contributed by atoms with Gasteiger partial charge in [0.25, 0.3) is 5.56 Å². The molecule has 24 heavy (non-hydrogen) atoms. The zero-order chi connectivity index (χ0) is 17.1. The fourth-order valence-electron chi connectivity index (χ4n) is 2.26. The Kier molecular flexibility index (Phi) is 4.48. The smallest absolute Gasteiger partial charge is 0.329 e. The summed E-state index contributed by atoms with van der Waals surface area (Å²) in [5.41, 5.74) is -0.0263. The minimum Gasteiger partial charge on any atom is -0.494 e. The number of hydrogen-bond acceptors (Lipinski definition) is 5. The molecule has 1 aromatic carbocycles. The number of benzene rings is 1. The number of carbonyl (C=O) groups excluding carboxylic acids is 1. The summed E-state index contributed by atoms with van der Waals surface area (Å²) in [6, 6.07) is 8.51. The third kappa shape index (κ3) is 3.23. The molecule has 0 spiro atoms.